The van der Waals surface area contributed by atoms with E-state index >= 15 is 0 Å². The molecule has 4 aromatic rings. The predicted molar refractivity (Wildman–Crippen MR) is 172 cm³/mol. The largest absolute Gasteiger partial charge is 0.497 e. The van der Waals surface area contributed by atoms with Crippen molar-refractivity contribution in [1.82, 2.24) is 10.1 Å². The molecule has 10 heteroatoms. The third-order valence-corrected chi connectivity index (χ3v) is 6.77. The molecular formula is C36H38N2O8. The maximum Gasteiger partial charge on any atom is 0.349 e. The molecule has 0 spiro atoms. The van der Waals surface area contributed by atoms with Crippen LogP contribution in [0.3, 0.4) is 0 Å². The maximum atomic E-state index is 12.9. The van der Waals surface area contributed by atoms with Crippen LogP contribution in [-0.4, -0.2) is 50.5 Å². The minimum absolute atomic E-state index is 0.271. The van der Waals surface area contributed by atoms with E-state index in [4.69, 9.17) is 28.6 Å². The van der Waals surface area contributed by atoms with E-state index in [2.05, 4.69) is 0 Å². The van der Waals surface area contributed by atoms with Crippen molar-refractivity contribution >= 4 is 11.9 Å². The highest BCUT2D eigenvalue weighted by atomic mass is 16.7. The fourth-order valence-corrected chi connectivity index (χ4v) is 4.59. The summed E-state index contributed by atoms with van der Waals surface area (Å²) in [6, 6.07) is 29.8. The van der Waals surface area contributed by atoms with Gasteiger partial charge in [0, 0.05) is 12.2 Å². The average molecular weight is 627 g/mol. The Balaban J connectivity index is 1.46. The van der Waals surface area contributed by atoms with Gasteiger partial charge >= 0.3 is 11.9 Å². The second-order valence-electron chi connectivity index (χ2n) is 10.2. The highest BCUT2D eigenvalue weighted by Crippen LogP contribution is 2.20. The van der Waals surface area contributed by atoms with E-state index in [0.29, 0.717) is 23.0 Å². The zero-order chi connectivity index (χ0) is 32.7. The molecular weight excluding hydrogens is 588 g/mol. The molecule has 0 atom stereocenters. The smallest absolute Gasteiger partial charge is 0.349 e. The molecule has 0 saturated heterocycles. The van der Waals surface area contributed by atoms with Crippen LogP contribution < -0.4 is 18.9 Å². The van der Waals surface area contributed by atoms with Crippen molar-refractivity contribution in [1.29, 1.82) is 0 Å². The second kappa shape index (κ2) is 17.2. The van der Waals surface area contributed by atoms with Crippen molar-refractivity contribution in [2.24, 2.45) is 0 Å². The number of hydroxylamine groups is 4. The van der Waals surface area contributed by atoms with Gasteiger partial charge in [-0.25, -0.2) is 9.59 Å². The topological polar surface area (TPSA) is 96.0 Å². The number of methoxy groups -OCH3 is 4. The van der Waals surface area contributed by atoms with Gasteiger partial charge in [-0.05, 0) is 70.8 Å². The fraction of sp³-hybridized carbons (Fsp3) is 0.222. The predicted octanol–water partition coefficient (Wildman–Crippen LogP) is 5.90. The summed E-state index contributed by atoms with van der Waals surface area (Å²) in [5.74, 6) is 1.24. The van der Waals surface area contributed by atoms with E-state index in [0.717, 1.165) is 34.4 Å². The van der Waals surface area contributed by atoms with Gasteiger partial charge in [-0.3, -0.25) is 0 Å². The van der Waals surface area contributed by atoms with Gasteiger partial charge in [-0.2, -0.15) is 0 Å². The molecule has 0 aliphatic heterocycles. The summed E-state index contributed by atoms with van der Waals surface area (Å²) in [4.78, 5) is 37.2. The van der Waals surface area contributed by atoms with Gasteiger partial charge in [0.05, 0.1) is 54.6 Å². The zero-order valence-corrected chi connectivity index (χ0v) is 26.4. The average Bonchev–Trinajstić information content (AvgIpc) is 3.07. The molecule has 0 aromatic heterocycles. The normalized spacial score (nSPS) is 11.0. The number of ether oxygens (including phenoxy) is 4. The number of carbonyl (C=O) groups excluding carboxylic acids is 2. The molecule has 46 heavy (non-hydrogen) atoms. The Bertz CT molecular complexity index is 1410. The summed E-state index contributed by atoms with van der Waals surface area (Å²) < 4.78 is 21.4. The Kier molecular flexibility index (Phi) is 12.6. The Morgan fingerprint density at radius 1 is 0.478 bits per heavy atom. The monoisotopic (exact) mass is 626 g/mol. The number of carbonyl (C=O) groups is 2. The van der Waals surface area contributed by atoms with E-state index in [1.807, 2.05) is 97.1 Å². The van der Waals surface area contributed by atoms with Crippen LogP contribution in [0.1, 0.15) is 22.3 Å². The molecule has 4 aromatic carbocycles. The Labute approximate surface area is 269 Å². The van der Waals surface area contributed by atoms with Crippen LogP contribution in [0.2, 0.25) is 0 Å². The summed E-state index contributed by atoms with van der Waals surface area (Å²) in [7, 11) is 6.36. The standard InChI is InChI=1S/C36H38N2O8/c1-41-31-13-5-9-27(19-31)23-37(24-28-10-6-14-32(20-28)42-2)45-35(39)17-18-36(40)46-38(25-29-11-7-15-33(21-29)43-3)26-30-12-8-16-34(22-30)44-4/h5-22H,23-26H2,1-4H3/b18-17-. The molecule has 4 rings (SSSR count). The van der Waals surface area contributed by atoms with Gasteiger partial charge in [0.1, 0.15) is 23.0 Å². The summed E-state index contributed by atoms with van der Waals surface area (Å²) in [5.41, 5.74) is 3.46. The number of benzene rings is 4. The first-order valence-corrected chi connectivity index (χ1v) is 14.5. The third-order valence-electron chi connectivity index (χ3n) is 6.77. The number of hydrogen-bond donors (Lipinski definition) is 0. The molecule has 0 N–H and O–H groups in total. The van der Waals surface area contributed by atoms with Crippen molar-refractivity contribution < 1.29 is 38.2 Å². The van der Waals surface area contributed by atoms with Crippen LogP contribution in [0.25, 0.3) is 0 Å². The third kappa shape index (κ3) is 10.7. The first-order valence-electron chi connectivity index (χ1n) is 14.5. The lowest BCUT2D eigenvalue weighted by Crippen LogP contribution is -2.27. The lowest BCUT2D eigenvalue weighted by Gasteiger charge is -2.22. The SMILES string of the molecule is COc1cccc(CN(Cc2cccc(OC)c2)OC(=O)/C=C\C(=O)ON(Cc2cccc(OC)c2)Cc2cccc(OC)c2)c1. The number of rotatable bonds is 16. The van der Waals surface area contributed by atoms with Crippen LogP contribution in [-0.2, 0) is 45.4 Å². The van der Waals surface area contributed by atoms with Gasteiger partial charge in [0.15, 0.2) is 0 Å². The molecule has 10 nitrogen and oxygen atoms in total. The van der Waals surface area contributed by atoms with Crippen LogP contribution in [0.4, 0.5) is 0 Å². The number of hydrogen-bond acceptors (Lipinski definition) is 10. The highest BCUT2D eigenvalue weighted by Gasteiger charge is 2.16. The molecule has 0 bridgehead atoms. The first-order chi connectivity index (χ1) is 22.4. The molecule has 0 unspecified atom stereocenters. The molecule has 0 heterocycles. The summed E-state index contributed by atoms with van der Waals surface area (Å²) >= 11 is 0. The lowest BCUT2D eigenvalue weighted by atomic mass is 10.2. The van der Waals surface area contributed by atoms with Gasteiger partial charge in [0.25, 0.3) is 0 Å². The van der Waals surface area contributed by atoms with E-state index in [1.54, 1.807) is 28.4 Å². The van der Waals surface area contributed by atoms with Gasteiger partial charge in [-0.1, -0.05) is 48.5 Å². The molecule has 240 valence electrons. The second-order valence-corrected chi connectivity index (χ2v) is 10.2. The van der Waals surface area contributed by atoms with Crippen molar-refractivity contribution in [2.45, 2.75) is 26.2 Å². The Hall–Kier alpha value is -5.32. The quantitative estimate of drug-likeness (QED) is 0.111. The van der Waals surface area contributed by atoms with E-state index in [-0.39, 0.29) is 26.2 Å². The maximum absolute atomic E-state index is 12.9. The molecule has 0 fully saturated rings. The molecule has 0 aliphatic rings. The zero-order valence-electron chi connectivity index (χ0n) is 26.4. The number of nitrogens with zero attached hydrogens (tertiary/aromatic N) is 2. The fourth-order valence-electron chi connectivity index (χ4n) is 4.59. The molecule has 0 amide bonds. The van der Waals surface area contributed by atoms with E-state index < -0.39 is 11.9 Å². The van der Waals surface area contributed by atoms with Crippen molar-refractivity contribution in [3.05, 3.63) is 131 Å². The summed E-state index contributed by atoms with van der Waals surface area (Å²) in [6.45, 7) is 1.08. The van der Waals surface area contributed by atoms with Crippen molar-refractivity contribution in [2.75, 3.05) is 28.4 Å². The van der Waals surface area contributed by atoms with E-state index in [1.165, 1.54) is 10.1 Å². The van der Waals surface area contributed by atoms with Crippen LogP contribution in [0.15, 0.2) is 109 Å². The van der Waals surface area contributed by atoms with Crippen LogP contribution in [0.5, 0.6) is 23.0 Å². The van der Waals surface area contributed by atoms with Crippen molar-refractivity contribution in [3.63, 3.8) is 0 Å². The minimum Gasteiger partial charge on any atom is -0.497 e. The Morgan fingerprint density at radius 2 is 0.739 bits per heavy atom. The van der Waals surface area contributed by atoms with Gasteiger partial charge in [-0.15, -0.1) is 10.1 Å². The lowest BCUT2D eigenvalue weighted by molar-refractivity contribution is -0.193. The first kappa shape index (κ1) is 33.6. The van der Waals surface area contributed by atoms with Gasteiger partial charge in [0.2, 0.25) is 0 Å². The van der Waals surface area contributed by atoms with E-state index in [9.17, 15) is 9.59 Å². The highest BCUT2D eigenvalue weighted by molar-refractivity contribution is 5.91. The Morgan fingerprint density at radius 3 is 0.978 bits per heavy atom. The van der Waals surface area contributed by atoms with Crippen molar-refractivity contribution in [3.8, 4) is 23.0 Å². The molecule has 0 radical (unpaired) electrons. The summed E-state index contributed by atoms with van der Waals surface area (Å²) in [6.07, 6.45) is 2.09. The summed E-state index contributed by atoms with van der Waals surface area (Å²) in [5, 5.41) is 3.00. The van der Waals surface area contributed by atoms with Gasteiger partial charge < -0.3 is 28.6 Å². The molecule has 0 aliphatic carbocycles. The van der Waals surface area contributed by atoms with Crippen LogP contribution in [0, 0.1) is 0 Å². The van der Waals surface area contributed by atoms with Crippen LogP contribution >= 0.6 is 0 Å². The molecule has 0 saturated carbocycles. The minimum atomic E-state index is -0.741.